The van der Waals surface area contributed by atoms with E-state index in [4.69, 9.17) is 15.6 Å². The van der Waals surface area contributed by atoms with Crippen molar-refractivity contribution in [1.82, 2.24) is 14.9 Å². The Morgan fingerprint density at radius 3 is 2.65 bits per heavy atom. The standard InChI is InChI=1S/C28H39N3O9/c1-17(33)10-11-25(34)40-22-13-24(39-23(22)15-32)31-14-18(26(35)30-27(31)36)7-6-12-29-28(37)38-16-21-19-8-4-2-3-5-9-20(19)21/h6-7,14,19-24,32H,2-5,8-13,15-16H2,1H3,(H,29,37)(H,30,35,36)/b7-6+/t19-,20+,21?,22?,23-,24-/m1/s1/i32D. The van der Waals surface area contributed by atoms with Crippen LogP contribution in [0.25, 0.3) is 6.08 Å². The normalized spacial score (nSPS) is 28.2. The summed E-state index contributed by atoms with van der Waals surface area (Å²) < 4.78 is 24.9. The van der Waals surface area contributed by atoms with Gasteiger partial charge >= 0.3 is 17.8 Å². The first-order valence-corrected chi connectivity index (χ1v) is 14.1. The number of rotatable bonds is 12. The number of amides is 1. The smallest absolute Gasteiger partial charge is 0.407 e. The van der Waals surface area contributed by atoms with Crippen molar-refractivity contribution in [2.45, 2.75) is 83.1 Å². The highest BCUT2D eigenvalue weighted by atomic mass is 16.6. The van der Waals surface area contributed by atoms with Crippen molar-refractivity contribution in [1.29, 1.82) is 1.43 Å². The van der Waals surface area contributed by atoms with Gasteiger partial charge in [0.25, 0.3) is 5.56 Å². The lowest BCUT2D eigenvalue weighted by molar-refractivity contribution is -0.153. The summed E-state index contributed by atoms with van der Waals surface area (Å²) in [5.41, 5.74) is -1.20. The minimum atomic E-state index is -0.898. The van der Waals surface area contributed by atoms with Gasteiger partial charge in [0, 0.05) is 25.6 Å². The third kappa shape index (κ3) is 7.91. The molecule has 3 fully saturated rings. The zero-order valence-corrected chi connectivity index (χ0v) is 22.8. The van der Waals surface area contributed by atoms with Crippen LogP contribution in [-0.2, 0) is 23.8 Å². The number of hydrogen-bond donors (Lipinski definition) is 3. The van der Waals surface area contributed by atoms with E-state index in [0.717, 1.165) is 0 Å². The molecule has 1 aromatic rings. The van der Waals surface area contributed by atoms with E-state index in [1.165, 1.54) is 62.3 Å². The van der Waals surface area contributed by atoms with Gasteiger partial charge in [0.1, 0.15) is 24.2 Å². The van der Waals surface area contributed by atoms with E-state index in [9.17, 15) is 24.0 Å². The molecular formula is C28H39N3O9. The fourth-order valence-corrected chi connectivity index (χ4v) is 5.78. The van der Waals surface area contributed by atoms with Crippen molar-refractivity contribution in [3.05, 3.63) is 38.7 Å². The molecule has 0 bridgehead atoms. The number of carbonyl (C=O) groups is 3. The molecule has 1 aromatic heterocycles. The maximum atomic E-state index is 12.5. The Balaban J connectivity index is 1.29. The Hall–Kier alpha value is -3.25. The number of aliphatic hydroxyl groups is 1. The molecule has 2 saturated carbocycles. The molecule has 4 rings (SSSR count). The van der Waals surface area contributed by atoms with Gasteiger partial charge < -0.3 is 29.4 Å². The Morgan fingerprint density at radius 2 is 1.95 bits per heavy atom. The second kappa shape index (κ2) is 13.9. The fraction of sp³-hybridized carbons (Fsp3) is 0.679. The molecule has 2 aliphatic carbocycles. The lowest BCUT2D eigenvalue weighted by atomic mass is 10.0. The molecule has 2 unspecified atom stereocenters. The number of nitrogens with one attached hydrogen (secondary N) is 2. The molecule has 1 amide bonds. The third-order valence-corrected chi connectivity index (χ3v) is 8.02. The predicted molar refractivity (Wildman–Crippen MR) is 143 cm³/mol. The topological polar surface area (TPSA) is 166 Å². The van der Waals surface area contributed by atoms with Crippen LogP contribution in [0.4, 0.5) is 4.79 Å². The number of nitrogens with zero attached hydrogens (tertiary/aromatic N) is 1. The van der Waals surface area contributed by atoms with Crippen LogP contribution in [0.3, 0.4) is 0 Å². The van der Waals surface area contributed by atoms with Crippen LogP contribution in [-0.4, -0.2) is 65.9 Å². The van der Waals surface area contributed by atoms with Gasteiger partial charge in [-0.05, 0) is 37.5 Å². The van der Waals surface area contributed by atoms with Crippen molar-refractivity contribution in [3.63, 3.8) is 0 Å². The summed E-state index contributed by atoms with van der Waals surface area (Å²) in [6, 6.07) is 0. The monoisotopic (exact) mass is 562 g/mol. The maximum absolute atomic E-state index is 12.5. The second-order valence-electron chi connectivity index (χ2n) is 10.9. The van der Waals surface area contributed by atoms with Crippen LogP contribution in [0.1, 0.15) is 76.5 Å². The highest BCUT2D eigenvalue weighted by molar-refractivity contribution is 5.81. The molecule has 40 heavy (non-hydrogen) atoms. The summed E-state index contributed by atoms with van der Waals surface area (Å²) in [7, 11) is 0. The number of alkyl carbamates (subject to hydrolysis) is 1. The largest absolute Gasteiger partial charge is 0.459 e. The average molecular weight is 563 g/mol. The second-order valence-corrected chi connectivity index (χ2v) is 10.9. The van der Waals surface area contributed by atoms with Gasteiger partial charge in [-0.25, -0.2) is 9.59 Å². The molecular weight excluding hydrogens is 522 g/mol. The molecule has 0 aromatic carbocycles. The van der Waals surface area contributed by atoms with E-state index in [1.807, 2.05) is 0 Å². The summed E-state index contributed by atoms with van der Waals surface area (Å²) >= 11 is 0. The van der Waals surface area contributed by atoms with Crippen molar-refractivity contribution in [2.75, 3.05) is 19.8 Å². The first-order valence-electron chi connectivity index (χ1n) is 14.5. The third-order valence-electron chi connectivity index (χ3n) is 8.02. The fourth-order valence-electron chi connectivity index (χ4n) is 5.78. The molecule has 3 N–H and O–H groups in total. The lowest BCUT2D eigenvalue weighted by Gasteiger charge is -2.16. The van der Waals surface area contributed by atoms with E-state index in [1.54, 1.807) is 6.08 Å². The molecule has 6 atom stereocenters. The highest BCUT2D eigenvalue weighted by Crippen LogP contribution is 2.53. The lowest BCUT2D eigenvalue weighted by Crippen LogP contribution is -2.33. The van der Waals surface area contributed by atoms with Crippen molar-refractivity contribution in [2.24, 2.45) is 17.8 Å². The Kier molecular flexibility index (Phi) is 9.82. The van der Waals surface area contributed by atoms with Gasteiger partial charge in [0.15, 0.2) is 0 Å². The number of H-pyrrole nitrogens is 1. The highest BCUT2D eigenvalue weighted by Gasteiger charge is 2.49. The quantitative estimate of drug-likeness (QED) is 0.323. The number of hydrogen-bond acceptors (Lipinski definition) is 9. The summed E-state index contributed by atoms with van der Waals surface area (Å²) in [4.78, 5) is 62.6. The Bertz CT molecular complexity index is 1210. The molecule has 0 radical (unpaired) electrons. The molecule has 220 valence electrons. The number of aromatic nitrogens is 2. The van der Waals surface area contributed by atoms with Gasteiger partial charge in [-0.3, -0.25) is 19.1 Å². The van der Waals surface area contributed by atoms with Crippen LogP contribution in [0, 0.1) is 17.8 Å². The summed E-state index contributed by atoms with van der Waals surface area (Å²) in [6.07, 6.45) is 8.86. The SMILES string of the molecule is [2H]OC[C@H]1O[C@@H](n2cc(/C=C/CNC(=O)OCC3[C@H]4CCCCCC[C@@H]34)c(=O)[nH]c2=O)CC1OC(=O)CCC(C)=O. The van der Waals surface area contributed by atoms with E-state index in [2.05, 4.69) is 15.4 Å². The Labute approximate surface area is 233 Å². The molecule has 3 aliphatic rings. The number of carbonyl (C=O) groups excluding carboxylic acids is 3. The molecule has 1 aliphatic heterocycles. The average Bonchev–Trinajstić information content (AvgIpc) is 3.40. The number of Topliss-reactive ketones (excluding diaryl/α,β-unsaturated/α-hetero) is 1. The van der Waals surface area contributed by atoms with Crippen LogP contribution < -0.4 is 16.6 Å². The predicted octanol–water partition coefficient (Wildman–Crippen LogP) is 2.05. The minimum Gasteiger partial charge on any atom is -0.459 e. The molecule has 2 heterocycles. The zero-order chi connectivity index (χ0) is 29.4. The number of aromatic amines is 1. The van der Waals surface area contributed by atoms with Gasteiger partial charge in [-0.15, -0.1) is 0 Å². The number of ketones is 1. The van der Waals surface area contributed by atoms with E-state index >= 15 is 0 Å². The van der Waals surface area contributed by atoms with Crippen LogP contribution in [0.15, 0.2) is 21.9 Å². The van der Waals surface area contributed by atoms with E-state index in [0.29, 0.717) is 24.4 Å². The summed E-state index contributed by atoms with van der Waals surface area (Å²) in [5.74, 6) is 1.07. The van der Waals surface area contributed by atoms with Crippen LogP contribution in [0.5, 0.6) is 0 Å². The van der Waals surface area contributed by atoms with Gasteiger partial charge in [0.2, 0.25) is 1.43 Å². The zero-order valence-electron chi connectivity index (χ0n) is 23.8. The van der Waals surface area contributed by atoms with E-state index in [-0.39, 0.29) is 43.8 Å². The Morgan fingerprint density at radius 1 is 1.20 bits per heavy atom. The molecule has 12 heteroatoms. The van der Waals surface area contributed by atoms with Crippen LogP contribution >= 0.6 is 0 Å². The number of esters is 1. The first-order chi connectivity index (χ1) is 19.8. The summed E-state index contributed by atoms with van der Waals surface area (Å²) in [5, 5.41) is 7.07. The van der Waals surface area contributed by atoms with Crippen molar-refractivity contribution < 1.29 is 33.7 Å². The maximum Gasteiger partial charge on any atom is 0.407 e. The molecule has 1 saturated heterocycles. The minimum absolute atomic E-state index is 0.0402. The van der Waals surface area contributed by atoms with Crippen molar-refractivity contribution >= 4 is 23.9 Å². The number of ether oxygens (including phenoxy) is 3. The number of aliphatic hydroxyl groups excluding tert-OH is 1. The number of fused-ring (bicyclic) bond motifs is 1. The van der Waals surface area contributed by atoms with Gasteiger partial charge in [0.05, 0.1) is 25.2 Å². The van der Waals surface area contributed by atoms with Gasteiger partial charge in [-0.2, -0.15) is 0 Å². The van der Waals surface area contributed by atoms with E-state index < -0.39 is 41.7 Å². The first kappa shape index (κ1) is 28.3. The van der Waals surface area contributed by atoms with Crippen molar-refractivity contribution in [3.8, 4) is 0 Å². The summed E-state index contributed by atoms with van der Waals surface area (Å²) in [6.45, 7) is 1.71. The molecule has 0 spiro atoms. The van der Waals surface area contributed by atoms with Gasteiger partial charge in [-0.1, -0.05) is 37.8 Å². The van der Waals surface area contributed by atoms with Crippen LogP contribution in [0.2, 0.25) is 0 Å². The molecule has 12 nitrogen and oxygen atoms in total.